The van der Waals surface area contributed by atoms with Gasteiger partial charge in [0.05, 0.1) is 5.69 Å². The number of hydrogen-bond acceptors (Lipinski definition) is 4. The summed E-state index contributed by atoms with van der Waals surface area (Å²) in [4.78, 5) is 30.8. The Morgan fingerprint density at radius 1 is 1.06 bits per heavy atom. The molecule has 6 rings (SSSR count). The molecule has 1 N–H and O–H groups in total. The van der Waals surface area contributed by atoms with Crippen molar-refractivity contribution in [1.82, 2.24) is 19.5 Å². The molecule has 8 heteroatoms. The van der Waals surface area contributed by atoms with Gasteiger partial charge in [-0.05, 0) is 48.6 Å². The molecule has 2 aromatic carbocycles. The summed E-state index contributed by atoms with van der Waals surface area (Å²) in [5.74, 6) is -1.55. The first-order valence-electron chi connectivity index (χ1n) is 11.9. The van der Waals surface area contributed by atoms with E-state index >= 15 is 4.39 Å². The van der Waals surface area contributed by atoms with Crippen molar-refractivity contribution in [1.29, 1.82) is 0 Å². The minimum Gasteiger partial charge on any atom is -0.478 e. The van der Waals surface area contributed by atoms with Gasteiger partial charge in [0.25, 0.3) is 5.91 Å². The number of nitrogens with zero attached hydrogens (tertiary/aromatic N) is 4. The van der Waals surface area contributed by atoms with Crippen molar-refractivity contribution in [3.8, 4) is 11.3 Å². The van der Waals surface area contributed by atoms with Gasteiger partial charge in [-0.1, -0.05) is 36.4 Å². The second-order valence-electron chi connectivity index (χ2n) is 9.27. The van der Waals surface area contributed by atoms with E-state index in [9.17, 15) is 9.59 Å². The number of amides is 1. The molecule has 0 radical (unpaired) electrons. The minimum atomic E-state index is -1.15. The maximum Gasteiger partial charge on any atom is 0.328 e. The predicted molar refractivity (Wildman–Crippen MR) is 132 cm³/mol. The number of carboxylic acids is 1. The summed E-state index contributed by atoms with van der Waals surface area (Å²) in [5.41, 5.74) is 4.96. The molecule has 3 heterocycles. The van der Waals surface area contributed by atoms with Gasteiger partial charge in [0.15, 0.2) is 5.65 Å². The lowest BCUT2D eigenvalue weighted by Crippen LogP contribution is -2.36. The van der Waals surface area contributed by atoms with Crippen LogP contribution in [0.25, 0.3) is 23.0 Å². The Hall–Kier alpha value is -4.33. The van der Waals surface area contributed by atoms with E-state index in [-0.39, 0.29) is 23.0 Å². The molecule has 36 heavy (non-hydrogen) atoms. The van der Waals surface area contributed by atoms with Crippen LogP contribution >= 0.6 is 0 Å². The highest BCUT2D eigenvalue weighted by molar-refractivity contribution is 5.93. The largest absolute Gasteiger partial charge is 0.478 e. The van der Waals surface area contributed by atoms with Gasteiger partial charge < -0.3 is 10.0 Å². The van der Waals surface area contributed by atoms with Gasteiger partial charge in [-0.25, -0.2) is 18.7 Å². The van der Waals surface area contributed by atoms with Crippen LogP contribution in [0.4, 0.5) is 4.39 Å². The topological polar surface area (TPSA) is 87.8 Å². The lowest BCUT2D eigenvalue weighted by Gasteiger charge is -2.28. The fourth-order valence-corrected chi connectivity index (χ4v) is 4.78. The normalized spacial score (nSPS) is 15.4. The molecule has 4 aromatic rings. The number of halogens is 1. The molecule has 0 atom stereocenters. The Kier molecular flexibility index (Phi) is 5.36. The van der Waals surface area contributed by atoms with E-state index in [1.807, 2.05) is 23.1 Å². The Morgan fingerprint density at radius 3 is 2.64 bits per heavy atom. The number of carboxylic acid groups (broad SMARTS) is 1. The fraction of sp³-hybridized carbons (Fsp3) is 0.214. The average Bonchev–Trinajstić information content (AvgIpc) is 3.65. The average molecular weight is 483 g/mol. The lowest BCUT2D eigenvalue weighted by molar-refractivity contribution is -0.131. The Morgan fingerprint density at radius 2 is 1.86 bits per heavy atom. The number of rotatable bonds is 5. The standard InChI is InChI=1S/C28H23FN4O3/c29-27-19(10-11-26(34)35)6-3-7-21(27)22-15-25-30-23(14-24(18-8-9-18)33(25)31-22)28(36)32-13-12-17-4-1-2-5-20(17)16-32/h1-7,10-11,14-15,18H,8-9,12-13,16H2,(H,34,35)/b11-10+. The molecule has 0 spiro atoms. The van der Waals surface area contributed by atoms with Gasteiger partial charge in [-0.2, -0.15) is 5.10 Å². The van der Waals surface area contributed by atoms with E-state index < -0.39 is 11.8 Å². The van der Waals surface area contributed by atoms with Crippen LogP contribution in [0.3, 0.4) is 0 Å². The molecule has 2 aliphatic rings. The molecule has 2 aromatic heterocycles. The summed E-state index contributed by atoms with van der Waals surface area (Å²) in [6.45, 7) is 1.18. The SMILES string of the molecule is O=C(O)/C=C/c1cccc(-c2cc3nc(C(=O)N4CCc5ccccc5C4)cc(C4CC4)n3n2)c1F. The van der Waals surface area contributed by atoms with Crippen LogP contribution in [-0.2, 0) is 17.8 Å². The second-order valence-corrected chi connectivity index (χ2v) is 9.27. The first-order chi connectivity index (χ1) is 17.5. The molecule has 0 bridgehead atoms. The molecule has 7 nitrogen and oxygen atoms in total. The summed E-state index contributed by atoms with van der Waals surface area (Å²) in [7, 11) is 0. The van der Waals surface area contributed by atoms with Crippen molar-refractivity contribution in [3.05, 3.63) is 94.6 Å². The number of aliphatic carboxylic acids is 1. The Bertz CT molecular complexity index is 1550. The van der Waals surface area contributed by atoms with Gasteiger partial charge in [-0.3, -0.25) is 4.79 Å². The number of hydrogen-bond donors (Lipinski definition) is 1. The van der Waals surface area contributed by atoms with Crippen molar-refractivity contribution in [2.24, 2.45) is 0 Å². The number of fused-ring (bicyclic) bond motifs is 2. The Labute approximate surface area is 206 Å². The molecular weight excluding hydrogens is 459 g/mol. The van der Waals surface area contributed by atoms with Crippen LogP contribution in [0, 0.1) is 5.82 Å². The molecule has 1 saturated carbocycles. The predicted octanol–water partition coefficient (Wildman–Crippen LogP) is 4.71. The molecule has 180 valence electrons. The number of benzene rings is 2. The quantitative estimate of drug-likeness (QED) is 0.417. The van der Waals surface area contributed by atoms with Gasteiger partial charge in [-0.15, -0.1) is 0 Å². The highest BCUT2D eigenvalue weighted by atomic mass is 19.1. The maximum absolute atomic E-state index is 15.2. The molecule has 1 amide bonds. The lowest BCUT2D eigenvalue weighted by atomic mass is 9.99. The summed E-state index contributed by atoms with van der Waals surface area (Å²) in [6, 6.07) is 16.4. The van der Waals surface area contributed by atoms with Crippen molar-refractivity contribution in [2.45, 2.75) is 31.7 Å². The van der Waals surface area contributed by atoms with Crippen molar-refractivity contribution < 1.29 is 19.1 Å². The van der Waals surface area contributed by atoms with E-state index in [2.05, 4.69) is 22.2 Å². The first-order valence-corrected chi connectivity index (χ1v) is 11.9. The van der Waals surface area contributed by atoms with Crippen LogP contribution in [0.15, 0.2) is 60.7 Å². The van der Waals surface area contributed by atoms with E-state index in [1.54, 1.807) is 22.7 Å². The van der Waals surface area contributed by atoms with Crippen LogP contribution < -0.4 is 0 Å². The van der Waals surface area contributed by atoms with Gasteiger partial charge >= 0.3 is 5.97 Å². The zero-order chi connectivity index (χ0) is 24.8. The molecular formula is C28H23FN4O3. The highest BCUT2D eigenvalue weighted by Crippen LogP contribution is 2.40. The van der Waals surface area contributed by atoms with Crippen molar-refractivity contribution in [3.63, 3.8) is 0 Å². The van der Waals surface area contributed by atoms with Crippen LogP contribution in [0.1, 0.15) is 51.6 Å². The molecule has 0 saturated heterocycles. The van der Waals surface area contributed by atoms with Crippen molar-refractivity contribution in [2.75, 3.05) is 6.54 Å². The van der Waals surface area contributed by atoms with E-state index in [4.69, 9.17) is 5.11 Å². The third kappa shape index (κ3) is 4.04. The third-order valence-electron chi connectivity index (χ3n) is 6.80. The fourth-order valence-electron chi connectivity index (χ4n) is 4.78. The molecule has 1 aliphatic carbocycles. The van der Waals surface area contributed by atoms with Crippen LogP contribution in [-0.4, -0.2) is 43.0 Å². The number of carbonyl (C=O) groups excluding carboxylic acids is 1. The summed E-state index contributed by atoms with van der Waals surface area (Å²) >= 11 is 0. The molecule has 1 aliphatic heterocycles. The molecule has 1 fully saturated rings. The summed E-state index contributed by atoms with van der Waals surface area (Å²) in [6.07, 6.45) is 4.93. The number of carbonyl (C=O) groups is 2. The van der Waals surface area contributed by atoms with E-state index in [0.717, 1.165) is 36.6 Å². The summed E-state index contributed by atoms with van der Waals surface area (Å²) in [5, 5.41) is 13.5. The van der Waals surface area contributed by atoms with E-state index in [1.165, 1.54) is 17.7 Å². The smallest absolute Gasteiger partial charge is 0.328 e. The van der Waals surface area contributed by atoms with Gasteiger partial charge in [0, 0.05) is 48.0 Å². The van der Waals surface area contributed by atoms with Gasteiger partial charge in [0.1, 0.15) is 11.5 Å². The van der Waals surface area contributed by atoms with Crippen LogP contribution in [0.2, 0.25) is 0 Å². The Balaban J connectivity index is 1.38. The third-order valence-corrected chi connectivity index (χ3v) is 6.80. The highest BCUT2D eigenvalue weighted by Gasteiger charge is 2.30. The van der Waals surface area contributed by atoms with Crippen molar-refractivity contribution >= 4 is 23.6 Å². The zero-order valence-electron chi connectivity index (χ0n) is 19.4. The monoisotopic (exact) mass is 482 g/mol. The molecule has 0 unspecified atom stereocenters. The second kappa shape index (κ2) is 8.71. The van der Waals surface area contributed by atoms with E-state index in [0.29, 0.717) is 30.1 Å². The van der Waals surface area contributed by atoms with Crippen LogP contribution in [0.5, 0.6) is 0 Å². The van der Waals surface area contributed by atoms with Gasteiger partial charge in [0.2, 0.25) is 0 Å². The zero-order valence-corrected chi connectivity index (χ0v) is 19.4. The first kappa shape index (κ1) is 22.2. The minimum absolute atomic E-state index is 0.122. The summed E-state index contributed by atoms with van der Waals surface area (Å²) < 4.78 is 16.9. The maximum atomic E-state index is 15.2. The number of aromatic nitrogens is 3.